The fourth-order valence-electron chi connectivity index (χ4n) is 2.30. The Kier molecular flexibility index (Phi) is 10.4. The first kappa shape index (κ1) is 22.5. The van der Waals surface area contributed by atoms with E-state index >= 15 is 0 Å². The monoisotopic (exact) mass is 403 g/mol. The van der Waals surface area contributed by atoms with E-state index in [1.807, 2.05) is 19.1 Å². The number of halogens is 3. The van der Waals surface area contributed by atoms with Gasteiger partial charge in [-0.15, -0.1) is 12.4 Å². The summed E-state index contributed by atoms with van der Waals surface area (Å²) >= 11 is 6.37. The molecule has 0 heterocycles. The minimum atomic E-state index is -0.310. The Hall–Kier alpha value is -1.53. The fourth-order valence-corrected chi connectivity index (χ4v) is 2.59. The van der Waals surface area contributed by atoms with Gasteiger partial charge in [0.15, 0.2) is 11.5 Å². The maximum Gasteiger partial charge on any atom is 0.180 e. The fraction of sp³-hybridized carbons (Fsp3) is 0.368. The lowest BCUT2D eigenvalue weighted by Crippen LogP contribution is -2.18. The van der Waals surface area contributed by atoms with E-state index < -0.39 is 0 Å². The highest BCUT2D eigenvalue weighted by molar-refractivity contribution is 6.32. The van der Waals surface area contributed by atoms with Gasteiger partial charge < -0.3 is 19.5 Å². The van der Waals surface area contributed by atoms with Gasteiger partial charge in [-0.2, -0.15) is 0 Å². The Morgan fingerprint density at radius 3 is 2.62 bits per heavy atom. The van der Waals surface area contributed by atoms with E-state index in [-0.39, 0.29) is 24.8 Å². The Bertz CT molecular complexity index is 686. The maximum absolute atomic E-state index is 13.7. The van der Waals surface area contributed by atoms with Crippen LogP contribution in [0.1, 0.15) is 18.1 Å². The molecular weight excluding hydrogens is 380 g/mol. The zero-order valence-corrected chi connectivity index (χ0v) is 16.5. The summed E-state index contributed by atoms with van der Waals surface area (Å²) in [6.45, 7) is 4.46. The number of hydrogen-bond acceptors (Lipinski definition) is 4. The van der Waals surface area contributed by atoms with E-state index in [9.17, 15) is 4.39 Å². The Balaban J connectivity index is 0.00000338. The number of ether oxygens (including phenoxy) is 3. The predicted molar refractivity (Wildman–Crippen MR) is 104 cm³/mol. The molecule has 0 saturated heterocycles. The lowest BCUT2D eigenvalue weighted by Gasteiger charge is -2.16. The molecule has 2 aromatic rings. The van der Waals surface area contributed by atoms with Crippen LogP contribution in [0.4, 0.5) is 4.39 Å². The molecule has 0 atom stereocenters. The molecule has 0 aliphatic heterocycles. The van der Waals surface area contributed by atoms with Gasteiger partial charge in [0, 0.05) is 25.8 Å². The van der Waals surface area contributed by atoms with Crippen molar-refractivity contribution in [3.8, 4) is 11.5 Å². The first-order valence-electron chi connectivity index (χ1n) is 8.16. The van der Waals surface area contributed by atoms with Crippen LogP contribution in [0.25, 0.3) is 0 Å². The predicted octanol–water partition coefficient (Wildman–Crippen LogP) is 4.61. The van der Waals surface area contributed by atoms with Crippen LogP contribution in [0.15, 0.2) is 36.4 Å². The Morgan fingerprint density at radius 2 is 1.92 bits per heavy atom. The number of rotatable bonds is 10. The SMILES string of the molecule is CCOc1cc(CNCCOC)cc(Cl)c1OCc1ccccc1F.Cl. The van der Waals surface area contributed by atoms with Crippen molar-refractivity contribution in [2.45, 2.75) is 20.1 Å². The largest absolute Gasteiger partial charge is 0.490 e. The van der Waals surface area contributed by atoms with E-state index in [2.05, 4.69) is 5.32 Å². The van der Waals surface area contributed by atoms with Crippen LogP contribution < -0.4 is 14.8 Å². The summed E-state index contributed by atoms with van der Waals surface area (Å²) in [6.07, 6.45) is 0. The summed E-state index contributed by atoms with van der Waals surface area (Å²) in [5.74, 6) is 0.665. The average Bonchev–Trinajstić information content (AvgIpc) is 2.60. The topological polar surface area (TPSA) is 39.7 Å². The molecule has 0 aliphatic rings. The first-order valence-corrected chi connectivity index (χ1v) is 8.54. The molecule has 0 aromatic heterocycles. The van der Waals surface area contributed by atoms with E-state index in [1.54, 1.807) is 25.3 Å². The molecule has 2 aromatic carbocycles. The maximum atomic E-state index is 13.7. The third-order valence-corrected chi connectivity index (χ3v) is 3.79. The van der Waals surface area contributed by atoms with Gasteiger partial charge in [0.05, 0.1) is 18.2 Å². The van der Waals surface area contributed by atoms with Crippen LogP contribution in [0, 0.1) is 5.82 Å². The summed E-state index contributed by atoms with van der Waals surface area (Å²) in [5, 5.41) is 3.69. The lowest BCUT2D eigenvalue weighted by molar-refractivity contribution is 0.199. The van der Waals surface area contributed by atoms with Crippen molar-refractivity contribution in [1.29, 1.82) is 0 Å². The molecule has 26 heavy (non-hydrogen) atoms. The molecule has 7 heteroatoms. The molecule has 0 spiro atoms. The van der Waals surface area contributed by atoms with Crippen molar-refractivity contribution in [3.05, 3.63) is 58.4 Å². The molecular formula is C19H24Cl2FNO3. The quantitative estimate of drug-likeness (QED) is 0.587. The smallest absolute Gasteiger partial charge is 0.180 e. The zero-order valence-electron chi connectivity index (χ0n) is 14.9. The van der Waals surface area contributed by atoms with Crippen LogP contribution in [0.5, 0.6) is 11.5 Å². The summed E-state index contributed by atoms with van der Waals surface area (Å²) in [7, 11) is 1.66. The summed E-state index contributed by atoms with van der Waals surface area (Å²) in [5.41, 5.74) is 1.44. The van der Waals surface area contributed by atoms with E-state index in [0.29, 0.717) is 41.8 Å². The van der Waals surface area contributed by atoms with Crippen LogP contribution in [-0.2, 0) is 17.9 Å². The van der Waals surface area contributed by atoms with Gasteiger partial charge >= 0.3 is 0 Å². The minimum absolute atomic E-state index is 0. The Morgan fingerprint density at radius 1 is 1.15 bits per heavy atom. The van der Waals surface area contributed by atoms with Crippen molar-refractivity contribution in [1.82, 2.24) is 5.32 Å². The first-order chi connectivity index (χ1) is 12.2. The molecule has 0 saturated carbocycles. The van der Waals surface area contributed by atoms with Crippen molar-refractivity contribution in [2.24, 2.45) is 0 Å². The van der Waals surface area contributed by atoms with Gasteiger partial charge in [0.2, 0.25) is 0 Å². The molecule has 2 rings (SSSR count). The second-order valence-electron chi connectivity index (χ2n) is 5.39. The number of hydrogen-bond donors (Lipinski definition) is 1. The standard InChI is InChI=1S/C19H23ClFNO3.ClH/c1-3-24-18-11-14(12-22-8-9-23-2)10-16(20)19(18)25-13-15-6-4-5-7-17(15)21;/h4-7,10-11,22H,3,8-9,12-13H2,1-2H3;1H. The van der Waals surface area contributed by atoms with Crippen LogP contribution >= 0.6 is 24.0 Å². The summed E-state index contributed by atoms with van der Waals surface area (Å²) in [4.78, 5) is 0. The molecule has 0 amide bonds. The molecule has 1 N–H and O–H groups in total. The highest BCUT2D eigenvalue weighted by atomic mass is 35.5. The van der Waals surface area contributed by atoms with Crippen LogP contribution in [0.2, 0.25) is 5.02 Å². The van der Waals surface area contributed by atoms with Crippen molar-refractivity contribution in [3.63, 3.8) is 0 Å². The average molecular weight is 404 g/mol. The Labute approximate surface area is 165 Å². The van der Waals surface area contributed by atoms with Gasteiger partial charge in [-0.1, -0.05) is 29.8 Å². The number of methoxy groups -OCH3 is 1. The second kappa shape index (κ2) is 12.0. The third-order valence-electron chi connectivity index (χ3n) is 3.51. The van der Waals surface area contributed by atoms with Crippen molar-refractivity contribution in [2.75, 3.05) is 26.9 Å². The highest BCUT2D eigenvalue weighted by Gasteiger charge is 2.14. The van der Waals surface area contributed by atoms with E-state index in [4.69, 9.17) is 25.8 Å². The van der Waals surface area contributed by atoms with Gasteiger partial charge in [-0.05, 0) is 30.7 Å². The second-order valence-corrected chi connectivity index (χ2v) is 5.79. The van der Waals surface area contributed by atoms with Gasteiger partial charge in [-0.25, -0.2) is 4.39 Å². The van der Waals surface area contributed by atoms with Crippen LogP contribution in [-0.4, -0.2) is 26.9 Å². The molecule has 0 bridgehead atoms. The molecule has 144 valence electrons. The van der Waals surface area contributed by atoms with Gasteiger partial charge in [0.1, 0.15) is 12.4 Å². The molecule has 0 fully saturated rings. The normalized spacial score (nSPS) is 10.3. The molecule has 0 unspecified atom stereocenters. The van der Waals surface area contributed by atoms with Gasteiger partial charge in [-0.3, -0.25) is 0 Å². The molecule has 0 radical (unpaired) electrons. The number of nitrogens with one attached hydrogen (secondary N) is 1. The zero-order chi connectivity index (χ0) is 18.1. The summed E-state index contributed by atoms with van der Waals surface area (Å²) in [6, 6.07) is 10.2. The van der Waals surface area contributed by atoms with Crippen molar-refractivity contribution < 1.29 is 18.6 Å². The van der Waals surface area contributed by atoms with Crippen molar-refractivity contribution >= 4 is 24.0 Å². The van der Waals surface area contributed by atoms with E-state index in [1.165, 1.54) is 6.07 Å². The molecule has 0 aliphatic carbocycles. The highest BCUT2D eigenvalue weighted by Crippen LogP contribution is 2.37. The van der Waals surface area contributed by atoms with Crippen LogP contribution in [0.3, 0.4) is 0 Å². The van der Waals surface area contributed by atoms with E-state index in [0.717, 1.165) is 12.1 Å². The summed E-state index contributed by atoms with van der Waals surface area (Å²) < 4.78 is 30.1. The number of benzene rings is 2. The lowest BCUT2D eigenvalue weighted by atomic mass is 10.2. The third kappa shape index (κ3) is 6.65. The van der Waals surface area contributed by atoms with Gasteiger partial charge in [0.25, 0.3) is 0 Å². The minimum Gasteiger partial charge on any atom is -0.490 e. The molecule has 4 nitrogen and oxygen atoms in total.